The molecule has 9 heteroatoms. The van der Waals surface area contributed by atoms with Crippen molar-refractivity contribution in [2.45, 2.75) is 37.9 Å². The van der Waals surface area contributed by atoms with Gasteiger partial charge in [0.25, 0.3) is 0 Å². The third-order valence-electron chi connectivity index (χ3n) is 5.82. The highest BCUT2D eigenvalue weighted by molar-refractivity contribution is 5.74. The highest BCUT2D eigenvalue weighted by atomic mass is 19.4. The largest absolute Gasteiger partial charge is 0.507 e. The van der Waals surface area contributed by atoms with Crippen LogP contribution in [-0.2, 0) is 12.6 Å². The summed E-state index contributed by atoms with van der Waals surface area (Å²) in [7, 11) is 2.08. The lowest BCUT2D eigenvalue weighted by Crippen LogP contribution is -2.49. The van der Waals surface area contributed by atoms with Crippen LogP contribution in [0.4, 0.5) is 19.0 Å². The first-order valence-corrected chi connectivity index (χ1v) is 9.94. The Kier molecular flexibility index (Phi) is 5.28. The average molecular weight is 417 g/mol. The van der Waals surface area contributed by atoms with E-state index in [-0.39, 0.29) is 11.3 Å². The Morgan fingerprint density at radius 1 is 1.17 bits per heavy atom. The smallest absolute Gasteiger partial charge is 0.417 e. The number of phenolic OH excluding ortho intramolecular Hbond substituents is 1. The van der Waals surface area contributed by atoms with Crippen LogP contribution in [0.3, 0.4) is 0 Å². The third kappa shape index (κ3) is 3.79. The average Bonchev–Trinajstić information content (AvgIpc) is 2.71. The summed E-state index contributed by atoms with van der Waals surface area (Å²) in [5, 5.41) is 27.6. The Balaban J connectivity index is 1.76. The molecular weight excluding hydrogens is 395 g/mol. The van der Waals surface area contributed by atoms with Crippen molar-refractivity contribution in [1.29, 1.82) is 5.26 Å². The van der Waals surface area contributed by atoms with E-state index >= 15 is 0 Å². The summed E-state index contributed by atoms with van der Waals surface area (Å²) in [6, 6.07) is 5.31. The van der Waals surface area contributed by atoms with E-state index in [0.717, 1.165) is 56.6 Å². The molecule has 4 rings (SSSR count). The van der Waals surface area contributed by atoms with Crippen LogP contribution in [0.5, 0.6) is 5.75 Å². The molecule has 1 fully saturated rings. The molecule has 30 heavy (non-hydrogen) atoms. The predicted molar refractivity (Wildman–Crippen MR) is 105 cm³/mol. The van der Waals surface area contributed by atoms with Crippen LogP contribution >= 0.6 is 0 Å². The van der Waals surface area contributed by atoms with Gasteiger partial charge in [0.05, 0.1) is 28.5 Å². The lowest BCUT2D eigenvalue weighted by atomic mass is 9.96. The van der Waals surface area contributed by atoms with E-state index < -0.39 is 23.1 Å². The summed E-state index contributed by atoms with van der Waals surface area (Å²) in [4.78, 5) is 4.49. The van der Waals surface area contributed by atoms with Gasteiger partial charge < -0.3 is 14.9 Å². The summed E-state index contributed by atoms with van der Waals surface area (Å²) in [6.45, 7) is 2.81. The van der Waals surface area contributed by atoms with Crippen molar-refractivity contribution >= 4 is 5.82 Å². The molecule has 2 aliphatic rings. The first-order chi connectivity index (χ1) is 14.3. The highest BCUT2D eigenvalue weighted by Crippen LogP contribution is 2.43. The Bertz CT molecular complexity index is 1000. The summed E-state index contributed by atoms with van der Waals surface area (Å²) in [5.74, 6) is 0.0872. The van der Waals surface area contributed by atoms with Crippen molar-refractivity contribution in [3.05, 3.63) is 34.9 Å². The van der Waals surface area contributed by atoms with Gasteiger partial charge in [0.15, 0.2) is 5.82 Å². The molecule has 2 aliphatic heterocycles. The quantitative estimate of drug-likeness (QED) is 0.805. The van der Waals surface area contributed by atoms with Gasteiger partial charge in [-0.1, -0.05) is 0 Å². The molecule has 0 saturated carbocycles. The van der Waals surface area contributed by atoms with Gasteiger partial charge in [-0.2, -0.15) is 18.4 Å². The van der Waals surface area contributed by atoms with Gasteiger partial charge in [-0.05, 0) is 63.0 Å². The molecule has 3 heterocycles. The van der Waals surface area contributed by atoms with Gasteiger partial charge in [0, 0.05) is 19.1 Å². The molecular formula is C21H22F3N5O. The van der Waals surface area contributed by atoms with Crippen LogP contribution in [0.15, 0.2) is 18.2 Å². The van der Waals surface area contributed by atoms with Gasteiger partial charge >= 0.3 is 6.18 Å². The fourth-order valence-corrected chi connectivity index (χ4v) is 4.45. The maximum absolute atomic E-state index is 13.6. The van der Waals surface area contributed by atoms with E-state index in [0.29, 0.717) is 18.3 Å². The number of alkyl halides is 3. The van der Waals surface area contributed by atoms with Crippen molar-refractivity contribution in [3.8, 4) is 23.1 Å². The number of aromatic hydroxyl groups is 1. The number of aryl methyl sites for hydroxylation is 1. The number of likely N-dealkylation sites (N-methyl/N-ethyl adjacent to an activating group) is 1. The van der Waals surface area contributed by atoms with E-state index in [1.54, 1.807) is 12.1 Å². The Morgan fingerprint density at radius 3 is 2.67 bits per heavy atom. The molecule has 0 spiro atoms. The number of halogens is 3. The second kappa shape index (κ2) is 7.76. The second-order valence-corrected chi connectivity index (χ2v) is 7.96. The maximum Gasteiger partial charge on any atom is 0.417 e. The number of hydrogen-bond acceptors (Lipinski definition) is 6. The lowest BCUT2D eigenvalue weighted by Gasteiger charge is -2.41. The first kappa shape index (κ1) is 20.4. The molecule has 1 saturated heterocycles. The van der Waals surface area contributed by atoms with Gasteiger partial charge in [-0.25, -0.2) is 0 Å². The molecule has 158 valence electrons. The predicted octanol–water partition coefficient (Wildman–Crippen LogP) is 3.59. The molecule has 1 N–H and O–H groups in total. The van der Waals surface area contributed by atoms with Crippen molar-refractivity contribution in [3.63, 3.8) is 0 Å². The third-order valence-corrected chi connectivity index (χ3v) is 5.82. The zero-order valence-corrected chi connectivity index (χ0v) is 16.6. The molecule has 0 aliphatic carbocycles. The standard InChI is InChI=1S/C21H22F3N5O/c1-28-6-3-5-15(12-28)29-7-2-4-14-10-17(26-27-20(14)29)19-16(21(22,23)24)8-13(11-25)9-18(19)30/h8-10,15,30H,2-7,12H2,1H3. The molecule has 0 radical (unpaired) electrons. The lowest BCUT2D eigenvalue weighted by molar-refractivity contribution is -0.137. The number of piperidine rings is 1. The zero-order valence-electron chi connectivity index (χ0n) is 16.6. The Labute approximate surface area is 172 Å². The van der Waals surface area contributed by atoms with Crippen molar-refractivity contribution < 1.29 is 18.3 Å². The number of rotatable bonds is 2. The Morgan fingerprint density at radius 2 is 1.97 bits per heavy atom. The van der Waals surface area contributed by atoms with Crippen LogP contribution in [0.1, 0.15) is 36.0 Å². The Hall–Kier alpha value is -2.86. The van der Waals surface area contributed by atoms with E-state index in [2.05, 4.69) is 27.0 Å². The highest BCUT2D eigenvalue weighted by Gasteiger charge is 2.37. The van der Waals surface area contributed by atoms with Crippen LogP contribution in [0, 0.1) is 11.3 Å². The van der Waals surface area contributed by atoms with Crippen molar-refractivity contribution in [1.82, 2.24) is 15.1 Å². The van der Waals surface area contributed by atoms with Gasteiger partial charge in [-0.3, -0.25) is 0 Å². The van der Waals surface area contributed by atoms with Crippen molar-refractivity contribution in [2.75, 3.05) is 31.6 Å². The number of phenols is 1. The topological polar surface area (TPSA) is 76.3 Å². The fraction of sp³-hybridized carbons (Fsp3) is 0.476. The first-order valence-electron chi connectivity index (χ1n) is 9.94. The van der Waals surface area contributed by atoms with Gasteiger partial charge in [0.2, 0.25) is 0 Å². The zero-order chi connectivity index (χ0) is 21.5. The monoisotopic (exact) mass is 417 g/mol. The molecule has 6 nitrogen and oxygen atoms in total. The molecule has 1 aromatic heterocycles. The van der Waals surface area contributed by atoms with Gasteiger partial charge in [0.1, 0.15) is 5.75 Å². The minimum Gasteiger partial charge on any atom is -0.507 e. The van der Waals surface area contributed by atoms with Crippen LogP contribution in [0.25, 0.3) is 11.3 Å². The number of nitrogens with zero attached hydrogens (tertiary/aromatic N) is 5. The van der Waals surface area contributed by atoms with Crippen LogP contribution in [0.2, 0.25) is 0 Å². The van der Waals surface area contributed by atoms with E-state index in [1.807, 2.05) is 0 Å². The molecule has 1 unspecified atom stereocenters. The minimum atomic E-state index is -4.74. The molecule has 0 amide bonds. The van der Waals surface area contributed by atoms with E-state index in [9.17, 15) is 18.3 Å². The molecule has 1 aromatic carbocycles. The fourth-order valence-electron chi connectivity index (χ4n) is 4.45. The number of likely N-dealkylation sites (tertiary alicyclic amines) is 1. The van der Waals surface area contributed by atoms with Crippen LogP contribution < -0.4 is 4.90 Å². The van der Waals surface area contributed by atoms with Crippen molar-refractivity contribution in [2.24, 2.45) is 0 Å². The van der Waals surface area contributed by atoms with E-state index in [4.69, 9.17) is 5.26 Å². The molecule has 2 aromatic rings. The number of nitriles is 1. The SMILES string of the molecule is CN1CCCC(N2CCCc3cc(-c4c(O)cc(C#N)cc4C(F)(F)F)nnc32)C1. The normalized spacial score (nSPS) is 20.0. The van der Waals surface area contributed by atoms with Gasteiger partial charge in [-0.15, -0.1) is 10.2 Å². The second-order valence-electron chi connectivity index (χ2n) is 7.96. The van der Waals surface area contributed by atoms with Crippen LogP contribution in [-0.4, -0.2) is 52.9 Å². The summed E-state index contributed by atoms with van der Waals surface area (Å²) < 4.78 is 40.9. The summed E-state index contributed by atoms with van der Waals surface area (Å²) in [5.41, 5.74) is -0.995. The summed E-state index contributed by atoms with van der Waals surface area (Å²) in [6.07, 6.45) is -1.04. The molecule has 0 bridgehead atoms. The minimum absolute atomic E-state index is 0.0364. The number of anilines is 1. The molecule has 1 atom stereocenters. The number of fused-ring (bicyclic) bond motifs is 1. The summed E-state index contributed by atoms with van der Waals surface area (Å²) >= 11 is 0. The van der Waals surface area contributed by atoms with E-state index in [1.165, 1.54) is 0 Å². The number of benzene rings is 1. The maximum atomic E-state index is 13.6. The number of hydrogen-bond donors (Lipinski definition) is 1. The number of aromatic nitrogens is 2.